The second-order valence-electron chi connectivity index (χ2n) is 27.1. The highest BCUT2D eigenvalue weighted by molar-refractivity contribution is 7.81. The molecule has 0 spiro atoms. The number of ether oxygens (including phenoxy) is 3. The first kappa shape index (κ1) is 89.5. The second-order valence-corrected chi connectivity index (χ2v) is 55.7. The van der Waals surface area contributed by atoms with Crippen molar-refractivity contribution in [2.45, 2.75) is 251 Å². The lowest BCUT2D eigenvalue weighted by atomic mass is 10.1. The lowest BCUT2D eigenvalue weighted by Gasteiger charge is -2.34. The van der Waals surface area contributed by atoms with Crippen molar-refractivity contribution >= 4 is 136 Å². The number of hydrogen-bond acceptors (Lipinski definition) is 18. The Morgan fingerprint density at radius 2 is 0.633 bits per heavy atom. The lowest BCUT2D eigenvalue weighted by molar-refractivity contribution is -0.139. The minimum Gasteiger partial charge on any atom is -0.462 e. The average molecular weight is 1430 g/mol. The molecule has 0 aliphatic heterocycles. The van der Waals surface area contributed by atoms with E-state index < -0.39 is 49.9 Å². The number of esters is 3. The van der Waals surface area contributed by atoms with Crippen molar-refractivity contribution < 1.29 is 40.9 Å². The van der Waals surface area contributed by atoms with Gasteiger partial charge in [-0.1, -0.05) is 82.1 Å². The van der Waals surface area contributed by atoms with Crippen LogP contribution in [0.3, 0.4) is 0 Å². The Hall–Kier alpha value is -2.53. The van der Waals surface area contributed by atoms with Gasteiger partial charge in [0.15, 0.2) is 55.0 Å². The van der Waals surface area contributed by atoms with Crippen molar-refractivity contribution in [2.75, 3.05) is 39.5 Å². The summed E-state index contributed by atoms with van der Waals surface area (Å²) in [5.74, 6) is -1.02. The summed E-state index contributed by atoms with van der Waals surface area (Å²) in [5.41, 5.74) is 17.4. The van der Waals surface area contributed by atoms with E-state index in [1.165, 1.54) is 66.8 Å². The molecule has 0 aromatic carbocycles. The van der Waals surface area contributed by atoms with E-state index in [1.54, 1.807) is 67.3 Å². The summed E-state index contributed by atoms with van der Waals surface area (Å²) in [7, 11) is -9.81. The fraction of sp³-hybridized carbons (Fsp3) is 0.703. The molecule has 2 rings (SSSR count). The monoisotopic (exact) mass is 1430 g/mol. The van der Waals surface area contributed by atoms with E-state index in [2.05, 4.69) is 113 Å². The molecule has 2 aromatic rings. The van der Waals surface area contributed by atoms with Crippen molar-refractivity contribution in [2.24, 2.45) is 17.2 Å². The maximum atomic E-state index is 11.5. The molecule has 0 saturated heterocycles. The third kappa shape index (κ3) is 50.9. The molecule has 0 aliphatic rings. The highest BCUT2D eigenvalue weighted by Crippen LogP contribution is 2.28. The van der Waals surface area contributed by atoms with Gasteiger partial charge in [0, 0.05) is 48.1 Å². The van der Waals surface area contributed by atoms with Gasteiger partial charge in [-0.2, -0.15) is 0 Å². The normalized spacial score (nSPS) is 11.8. The standard InChI is InChI=1S/C41H78O6S3Si4.C10H28N2OSi2.C7H6N4S.C6H11NO2/c1-35(2)40(42)44-29-21-27-38(49)25-15-19-33-53(9,10)46-51(5,6)31-17-13-23-37(48)24-14-18-32-52(7,8)47-54(11,12)34-20-16-26-39(50)28-22-30-45-41(43)36(3)4;1-14(2,9-5-7-11)13-15(3,4)10-6-8-12;12-7(10-3-1-8-5-10)11-4-2-9-6-11;1-5(2)6(8)9-4-3-7/h1,3,13-34H2,2,4-12H3;5-12H2,1-4H3;1-6H;1,3-4,7H2,2H3. The van der Waals surface area contributed by atoms with E-state index in [0.29, 0.717) is 41.6 Å². The number of nitrogens with two attached hydrogens (primary N) is 3. The first-order chi connectivity index (χ1) is 41.8. The Balaban J connectivity index is 0. The van der Waals surface area contributed by atoms with E-state index in [-0.39, 0.29) is 24.5 Å². The number of rotatable bonds is 45. The van der Waals surface area contributed by atoms with E-state index in [4.69, 9.17) is 87.9 Å². The third-order valence-electron chi connectivity index (χ3n) is 14.1. The smallest absolute Gasteiger partial charge is 0.333 e. The molecule has 0 saturated carbocycles. The van der Waals surface area contributed by atoms with Crippen LogP contribution in [-0.2, 0) is 40.9 Å². The Bertz CT molecular complexity index is 2290. The van der Waals surface area contributed by atoms with E-state index in [1.807, 2.05) is 0 Å². The minimum atomic E-state index is -1.72. The van der Waals surface area contributed by atoms with Gasteiger partial charge >= 0.3 is 17.9 Å². The first-order valence-corrected chi connectivity index (χ1v) is 52.9. The quantitative estimate of drug-likeness (QED) is 0.0140. The molecule has 0 fully saturated rings. The van der Waals surface area contributed by atoms with Crippen LogP contribution in [0.15, 0.2) is 73.9 Å². The molecule has 516 valence electrons. The summed E-state index contributed by atoms with van der Waals surface area (Å²) in [4.78, 5) is 44.7. The summed E-state index contributed by atoms with van der Waals surface area (Å²) < 4.78 is 38.6. The van der Waals surface area contributed by atoms with E-state index >= 15 is 0 Å². The van der Waals surface area contributed by atoms with Gasteiger partial charge < -0.3 is 43.8 Å². The predicted octanol–water partition coefficient (Wildman–Crippen LogP) is 16.4. The van der Waals surface area contributed by atoms with Gasteiger partial charge in [-0.25, -0.2) is 24.4 Å². The number of nitrogens with zero attached hydrogens (tertiary/aromatic N) is 4. The molecule has 6 N–H and O–H groups in total. The van der Waals surface area contributed by atoms with Crippen molar-refractivity contribution in [3.63, 3.8) is 0 Å². The molecule has 0 unspecified atom stereocenters. The molecular weight excluding hydrogens is 1310 g/mol. The van der Waals surface area contributed by atoms with Gasteiger partial charge in [0.1, 0.15) is 19.3 Å². The molecule has 26 heteroatoms. The Kier molecular flexibility index (Phi) is 48.8. The number of imidazole rings is 2. The van der Waals surface area contributed by atoms with E-state index in [9.17, 15) is 14.4 Å². The van der Waals surface area contributed by atoms with Crippen LogP contribution in [0.4, 0.5) is 0 Å². The molecule has 2 aromatic heterocycles. The zero-order chi connectivity index (χ0) is 69.0. The van der Waals surface area contributed by atoms with Crippen molar-refractivity contribution in [1.29, 1.82) is 0 Å². The number of carbonyl (C=O) groups is 3. The highest BCUT2D eigenvalue weighted by atomic mass is 32.1. The third-order valence-corrected chi connectivity index (χ3v) is 38.3. The van der Waals surface area contributed by atoms with Crippen molar-refractivity contribution in [1.82, 2.24) is 19.1 Å². The summed E-state index contributed by atoms with van der Waals surface area (Å²) in [6.45, 7) is 46.8. The van der Waals surface area contributed by atoms with Crippen LogP contribution in [0.25, 0.3) is 0 Å². The van der Waals surface area contributed by atoms with Gasteiger partial charge in [-0.3, -0.25) is 9.13 Å². The Morgan fingerprint density at radius 1 is 0.389 bits per heavy atom. The molecular formula is C64H123N7O9S4Si6. The van der Waals surface area contributed by atoms with E-state index in [0.717, 1.165) is 113 Å². The molecule has 16 nitrogen and oxygen atoms in total. The van der Waals surface area contributed by atoms with Crippen LogP contribution in [-0.4, -0.2) is 146 Å². The average Bonchev–Trinajstić information content (AvgIpc) is 3.56. The van der Waals surface area contributed by atoms with Crippen LogP contribution in [0.1, 0.15) is 136 Å². The number of unbranched alkanes of at least 4 members (excludes halogenated alkanes) is 4. The second kappa shape index (κ2) is 49.1. The van der Waals surface area contributed by atoms with Gasteiger partial charge in [0.2, 0.25) is 0 Å². The SMILES string of the molecule is C=C(C)C(=O)OCCCC(=S)CCCC[Si](C)(C)O[Si](C)(C)CCCCC(=S)CCCC[Si](C)(C)O[Si](C)(C)CCCCC(=S)CCCOC(=O)C(=C)C.C=C(C)C(=O)OCCN.C[Si](C)(CCCN)O[Si](C)(C)CCCN.S=C(n1ccnc1)n1ccnc1. The zero-order valence-corrected chi connectivity index (χ0v) is 67.9. The summed E-state index contributed by atoms with van der Waals surface area (Å²) >= 11 is 22.1. The molecule has 0 atom stereocenters. The number of hydrogen-bond donors (Lipinski definition) is 3. The Morgan fingerprint density at radius 3 is 0.856 bits per heavy atom. The molecule has 0 radical (unpaired) electrons. The Labute approximate surface area is 574 Å². The summed E-state index contributed by atoms with van der Waals surface area (Å²) in [6.07, 6.45) is 29.0. The number of carbonyl (C=O) groups excluding carboxylic acids is 3. The zero-order valence-electron chi connectivity index (χ0n) is 58.6. The molecule has 0 bridgehead atoms. The lowest BCUT2D eigenvalue weighted by Crippen LogP contribution is -2.44. The number of aromatic nitrogens is 4. The first-order valence-electron chi connectivity index (χ1n) is 32.6. The van der Waals surface area contributed by atoms with Gasteiger partial charge in [-0.05, 0) is 265 Å². The van der Waals surface area contributed by atoms with Crippen LogP contribution in [0, 0.1) is 0 Å². The minimum absolute atomic E-state index is 0.270. The fourth-order valence-corrected chi connectivity index (χ4v) is 37.7. The molecule has 0 aliphatic carbocycles. The van der Waals surface area contributed by atoms with Crippen LogP contribution in [0.5, 0.6) is 0 Å². The maximum absolute atomic E-state index is 11.5. The number of thiocarbonyl (C=S) groups is 4. The largest absolute Gasteiger partial charge is 0.462 e. The van der Waals surface area contributed by atoms with Crippen LogP contribution in [0.2, 0.25) is 115 Å². The molecule has 0 amide bonds. The van der Waals surface area contributed by atoms with Crippen LogP contribution < -0.4 is 17.2 Å². The molecule has 2 heterocycles. The highest BCUT2D eigenvalue weighted by Gasteiger charge is 2.34. The van der Waals surface area contributed by atoms with Gasteiger partial charge in [0.05, 0.1) is 13.2 Å². The van der Waals surface area contributed by atoms with Crippen LogP contribution >= 0.6 is 48.9 Å². The van der Waals surface area contributed by atoms with Crippen molar-refractivity contribution in [3.8, 4) is 0 Å². The predicted molar refractivity (Wildman–Crippen MR) is 410 cm³/mol. The molecule has 90 heavy (non-hydrogen) atoms. The topological polar surface area (TPSA) is 220 Å². The fourth-order valence-electron chi connectivity index (χ4n) is 9.74. The van der Waals surface area contributed by atoms with Crippen molar-refractivity contribution in [3.05, 3.63) is 73.9 Å². The summed E-state index contributed by atoms with van der Waals surface area (Å²) in [5, 5.41) is 0.644. The maximum Gasteiger partial charge on any atom is 0.333 e. The van der Waals surface area contributed by atoms with Gasteiger partial charge in [-0.15, -0.1) is 0 Å². The van der Waals surface area contributed by atoms with Gasteiger partial charge in [0.25, 0.3) is 0 Å². The summed E-state index contributed by atoms with van der Waals surface area (Å²) in [6, 6.07) is 7.11.